The number of hydrogen-bond acceptors (Lipinski definition) is 6. The number of hydrogen-bond donors (Lipinski definition) is 2. The highest BCUT2D eigenvalue weighted by molar-refractivity contribution is 6.56. The molecule has 26 heavy (non-hydrogen) atoms. The average Bonchev–Trinajstić information content (AvgIpc) is 3.03. The van der Waals surface area contributed by atoms with E-state index in [9.17, 15) is 4.79 Å². The largest absolute Gasteiger partial charge is 0.492 e. The third kappa shape index (κ3) is 3.47. The number of H-pyrrole nitrogens is 1. The first-order valence-corrected chi connectivity index (χ1v) is 8.63. The molecular weight excluding hydrogens is 356 g/mol. The minimum absolute atomic E-state index is 0.150. The molecule has 2 N–H and O–H groups in total. The standard InChI is InChI=1S/C16H21BClN5O3/c1-9(24)19-7-10(17-25-15(2,3)16(4,5)26-17)6-11-12-13(18)20-8-21-14(12)23-22-11/h6,8H,7H2,1-5H3,(H,19,24)(H,20,21,22,23). The average molecular weight is 378 g/mol. The van der Waals surface area contributed by atoms with Crippen molar-refractivity contribution in [2.75, 3.05) is 6.54 Å². The van der Waals surface area contributed by atoms with Crippen molar-refractivity contribution in [3.05, 3.63) is 22.6 Å². The van der Waals surface area contributed by atoms with Crippen LogP contribution in [0.5, 0.6) is 0 Å². The number of rotatable bonds is 4. The Hall–Kier alpha value is -1.97. The van der Waals surface area contributed by atoms with E-state index < -0.39 is 18.3 Å². The predicted octanol–water partition coefficient (Wildman–Crippen LogP) is 2.16. The van der Waals surface area contributed by atoms with Gasteiger partial charge in [0.1, 0.15) is 11.5 Å². The number of halogens is 1. The van der Waals surface area contributed by atoms with Gasteiger partial charge in [-0.3, -0.25) is 9.89 Å². The molecule has 0 aromatic carbocycles. The molecule has 1 aliphatic heterocycles. The van der Waals surface area contributed by atoms with Crippen LogP contribution in [0.3, 0.4) is 0 Å². The molecule has 1 fully saturated rings. The van der Waals surface area contributed by atoms with Crippen LogP contribution in [-0.4, -0.2) is 50.9 Å². The normalized spacial score (nSPS) is 19.2. The van der Waals surface area contributed by atoms with Gasteiger partial charge in [-0.15, -0.1) is 0 Å². The second-order valence-electron chi connectivity index (χ2n) is 7.22. The Labute approximate surface area is 156 Å². The van der Waals surface area contributed by atoms with E-state index in [0.29, 0.717) is 21.9 Å². The van der Waals surface area contributed by atoms with Gasteiger partial charge in [0.2, 0.25) is 5.91 Å². The molecule has 2 aromatic heterocycles. The van der Waals surface area contributed by atoms with Crippen molar-refractivity contribution in [1.29, 1.82) is 0 Å². The van der Waals surface area contributed by atoms with E-state index in [0.717, 1.165) is 5.47 Å². The molecule has 0 spiro atoms. The quantitative estimate of drug-likeness (QED) is 0.625. The Bertz CT molecular complexity index is 864. The summed E-state index contributed by atoms with van der Waals surface area (Å²) in [4.78, 5) is 19.5. The molecule has 0 bridgehead atoms. The number of aromatic amines is 1. The molecule has 0 atom stereocenters. The fraction of sp³-hybridized carbons (Fsp3) is 0.500. The molecule has 0 aliphatic carbocycles. The summed E-state index contributed by atoms with van der Waals surface area (Å²) in [5.41, 5.74) is 0.821. The van der Waals surface area contributed by atoms with Gasteiger partial charge in [-0.2, -0.15) is 5.10 Å². The van der Waals surface area contributed by atoms with Crippen LogP contribution in [0.2, 0.25) is 5.15 Å². The summed E-state index contributed by atoms with van der Waals surface area (Å²) in [6.45, 7) is 9.60. The summed E-state index contributed by atoms with van der Waals surface area (Å²) in [7, 11) is -0.617. The Balaban J connectivity index is 2.01. The maximum atomic E-state index is 11.4. The van der Waals surface area contributed by atoms with Gasteiger partial charge in [-0.1, -0.05) is 11.6 Å². The lowest BCUT2D eigenvalue weighted by Gasteiger charge is -2.32. The van der Waals surface area contributed by atoms with Gasteiger partial charge >= 0.3 is 7.12 Å². The summed E-state index contributed by atoms with van der Waals surface area (Å²) in [5.74, 6) is -0.150. The van der Waals surface area contributed by atoms with Crippen LogP contribution in [0.4, 0.5) is 0 Å². The number of fused-ring (bicyclic) bond motifs is 1. The van der Waals surface area contributed by atoms with Crippen molar-refractivity contribution in [3.63, 3.8) is 0 Å². The van der Waals surface area contributed by atoms with Crippen LogP contribution in [0, 0.1) is 0 Å². The van der Waals surface area contributed by atoms with Gasteiger partial charge in [0.25, 0.3) is 0 Å². The van der Waals surface area contributed by atoms with Crippen molar-refractivity contribution >= 4 is 41.7 Å². The fourth-order valence-corrected chi connectivity index (χ4v) is 2.78. The molecule has 10 heteroatoms. The van der Waals surface area contributed by atoms with Crippen molar-refractivity contribution in [2.24, 2.45) is 0 Å². The van der Waals surface area contributed by atoms with Crippen LogP contribution in [0.15, 0.2) is 11.8 Å². The van der Waals surface area contributed by atoms with E-state index in [1.165, 1.54) is 13.3 Å². The molecule has 0 saturated carbocycles. The number of carbonyl (C=O) groups excluding carboxylic acids is 1. The van der Waals surface area contributed by atoms with E-state index in [4.69, 9.17) is 20.9 Å². The zero-order valence-corrected chi connectivity index (χ0v) is 16.1. The number of nitrogens with zero attached hydrogens (tertiary/aromatic N) is 3. The van der Waals surface area contributed by atoms with E-state index in [2.05, 4.69) is 25.5 Å². The third-order valence-electron chi connectivity index (χ3n) is 4.76. The first-order valence-electron chi connectivity index (χ1n) is 8.26. The minimum Gasteiger partial charge on any atom is -0.400 e. The molecule has 0 radical (unpaired) electrons. The fourth-order valence-electron chi connectivity index (χ4n) is 2.55. The molecule has 0 unspecified atom stereocenters. The third-order valence-corrected chi connectivity index (χ3v) is 5.05. The summed E-state index contributed by atoms with van der Waals surface area (Å²) in [5, 5.41) is 10.7. The van der Waals surface area contributed by atoms with Crippen molar-refractivity contribution in [3.8, 4) is 0 Å². The lowest BCUT2D eigenvalue weighted by Crippen LogP contribution is -2.41. The summed E-state index contributed by atoms with van der Waals surface area (Å²) < 4.78 is 12.2. The maximum Gasteiger partial charge on any atom is 0.492 e. The molecular formula is C16H21BClN5O3. The monoisotopic (exact) mass is 377 g/mol. The lowest BCUT2D eigenvalue weighted by molar-refractivity contribution is -0.118. The van der Waals surface area contributed by atoms with Crippen LogP contribution in [0.25, 0.3) is 17.1 Å². The Kier molecular flexibility index (Phi) is 4.81. The van der Waals surface area contributed by atoms with E-state index in [1.54, 1.807) is 0 Å². The van der Waals surface area contributed by atoms with Gasteiger partial charge < -0.3 is 14.6 Å². The van der Waals surface area contributed by atoms with Gasteiger partial charge in [-0.25, -0.2) is 9.97 Å². The molecule has 3 heterocycles. The second kappa shape index (κ2) is 6.64. The number of nitrogens with one attached hydrogen (secondary N) is 2. The van der Waals surface area contributed by atoms with E-state index in [-0.39, 0.29) is 12.5 Å². The maximum absolute atomic E-state index is 11.4. The highest BCUT2D eigenvalue weighted by Gasteiger charge is 2.52. The van der Waals surface area contributed by atoms with Crippen LogP contribution >= 0.6 is 11.6 Å². The van der Waals surface area contributed by atoms with Crippen LogP contribution in [-0.2, 0) is 14.1 Å². The summed E-state index contributed by atoms with van der Waals surface area (Å²) in [6, 6.07) is 0. The van der Waals surface area contributed by atoms with Crippen molar-refractivity contribution < 1.29 is 14.1 Å². The molecule has 138 valence electrons. The first kappa shape index (κ1) is 18.8. The Morgan fingerprint density at radius 3 is 2.58 bits per heavy atom. The van der Waals surface area contributed by atoms with E-state index >= 15 is 0 Å². The Morgan fingerprint density at radius 1 is 1.31 bits per heavy atom. The van der Waals surface area contributed by atoms with Gasteiger partial charge in [0, 0.05) is 13.5 Å². The number of carbonyl (C=O) groups is 1. The minimum atomic E-state index is -0.617. The van der Waals surface area contributed by atoms with Crippen LogP contribution in [0.1, 0.15) is 40.3 Å². The number of aromatic nitrogens is 4. The van der Waals surface area contributed by atoms with E-state index in [1.807, 2.05) is 33.8 Å². The second-order valence-corrected chi connectivity index (χ2v) is 7.58. The van der Waals surface area contributed by atoms with Gasteiger partial charge in [-0.05, 0) is 39.2 Å². The van der Waals surface area contributed by atoms with Gasteiger partial charge in [0.05, 0.1) is 22.3 Å². The SMILES string of the molecule is CC(=O)NCC(=Cc1[nH]nc2ncnc(Cl)c12)B1OC(C)(C)C(C)(C)O1. The Morgan fingerprint density at radius 2 is 1.96 bits per heavy atom. The highest BCUT2D eigenvalue weighted by Crippen LogP contribution is 2.39. The van der Waals surface area contributed by atoms with Crippen molar-refractivity contribution in [2.45, 2.75) is 45.8 Å². The van der Waals surface area contributed by atoms with Crippen molar-refractivity contribution in [1.82, 2.24) is 25.5 Å². The molecule has 1 aliphatic rings. The predicted molar refractivity (Wildman–Crippen MR) is 99.4 cm³/mol. The molecule has 3 rings (SSSR count). The van der Waals surface area contributed by atoms with Gasteiger partial charge in [0.15, 0.2) is 5.65 Å². The number of amides is 1. The smallest absolute Gasteiger partial charge is 0.400 e. The highest BCUT2D eigenvalue weighted by atomic mass is 35.5. The topological polar surface area (TPSA) is 102 Å². The molecule has 2 aromatic rings. The molecule has 1 amide bonds. The lowest BCUT2D eigenvalue weighted by atomic mass is 9.77. The molecule has 8 nitrogen and oxygen atoms in total. The zero-order valence-electron chi connectivity index (χ0n) is 15.4. The molecule has 1 saturated heterocycles. The summed E-state index contributed by atoms with van der Waals surface area (Å²) in [6.07, 6.45) is 3.16. The summed E-state index contributed by atoms with van der Waals surface area (Å²) >= 11 is 6.19. The van der Waals surface area contributed by atoms with Crippen LogP contribution < -0.4 is 5.32 Å². The first-order chi connectivity index (χ1) is 12.1. The zero-order chi connectivity index (χ0) is 19.1.